The monoisotopic (exact) mass is 281 g/mol. The van der Waals surface area contributed by atoms with Gasteiger partial charge < -0.3 is 5.11 Å². The highest BCUT2D eigenvalue weighted by Crippen LogP contribution is 2.20. The summed E-state index contributed by atoms with van der Waals surface area (Å²) in [5.41, 5.74) is 2.89. The molecule has 0 bridgehead atoms. The quantitative estimate of drug-likeness (QED) is 0.430. The number of aliphatic hydroxyl groups excluding tert-OH is 1. The Labute approximate surface area is 117 Å². The highest BCUT2D eigenvalue weighted by molar-refractivity contribution is 5.93. The van der Waals surface area contributed by atoms with E-state index in [1.54, 1.807) is 0 Å². The number of carbonyl (C=O) groups excluding carboxylic acids is 1. The number of nitrogen functional groups attached to an aromatic ring is 1. The number of nitrogens with two attached hydrogens (primary N) is 1. The van der Waals surface area contributed by atoms with E-state index in [0.717, 1.165) is 25.9 Å². The van der Waals surface area contributed by atoms with Gasteiger partial charge in [0.2, 0.25) is 0 Å². The number of hydrazine groups is 1. The van der Waals surface area contributed by atoms with E-state index in [1.165, 1.54) is 18.2 Å². The van der Waals surface area contributed by atoms with Crippen LogP contribution in [0.2, 0.25) is 0 Å². The Morgan fingerprint density at radius 2 is 2.15 bits per heavy atom. The van der Waals surface area contributed by atoms with Gasteiger partial charge in [0, 0.05) is 24.3 Å². The number of hydrogen-bond acceptors (Lipinski definition) is 4. The fraction of sp³-hybridized carbons (Fsp3) is 0.500. The molecule has 1 aliphatic heterocycles. The third-order valence-corrected chi connectivity index (χ3v) is 3.80. The molecule has 0 aromatic heterocycles. The lowest BCUT2D eigenvalue weighted by Gasteiger charge is -2.31. The molecular weight excluding hydrogens is 261 g/mol. The van der Waals surface area contributed by atoms with Crippen LogP contribution in [0.25, 0.3) is 0 Å². The van der Waals surface area contributed by atoms with Crippen LogP contribution in [0.4, 0.5) is 4.39 Å². The van der Waals surface area contributed by atoms with Crippen molar-refractivity contribution in [3.63, 3.8) is 0 Å². The molecule has 110 valence electrons. The molecule has 0 saturated carbocycles. The molecular formula is C14H20FN3O2. The first-order valence-electron chi connectivity index (χ1n) is 6.76. The first-order valence-corrected chi connectivity index (χ1v) is 6.76. The van der Waals surface area contributed by atoms with Gasteiger partial charge in [-0.1, -0.05) is 0 Å². The SMILES string of the molecule is NNC(=O)c1ccc(F)c(CN2CCC(CO)CC2)c1. The van der Waals surface area contributed by atoms with Crippen molar-refractivity contribution in [1.29, 1.82) is 0 Å². The van der Waals surface area contributed by atoms with Gasteiger partial charge in [0.25, 0.3) is 5.91 Å². The fourth-order valence-corrected chi connectivity index (χ4v) is 2.49. The molecule has 4 N–H and O–H groups in total. The van der Waals surface area contributed by atoms with Crippen molar-refractivity contribution < 1.29 is 14.3 Å². The highest BCUT2D eigenvalue weighted by atomic mass is 19.1. The minimum absolute atomic E-state index is 0.217. The summed E-state index contributed by atoms with van der Waals surface area (Å²) in [4.78, 5) is 13.6. The summed E-state index contributed by atoms with van der Waals surface area (Å²) < 4.78 is 13.8. The topological polar surface area (TPSA) is 78.6 Å². The van der Waals surface area contributed by atoms with E-state index in [1.807, 2.05) is 5.43 Å². The van der Waals surface area contributed by atoms with Crippen molar-refractivity contribution in [3.05, 3.63) is 35.1 Å². The molecule has 0 unspecified atom stereocenters. The summed E-state index contributed by atoms with van der Waals surface area (Å²) in [6.45, 7) is 2.35. The summed E-state index contributed by atoms with van der Waals surface area (Å²) >= 11 is 0. The second kappa shape index (κ2) is 6.78. The molecule has 5 nitrogen and oxygen atoms in total. The van der Waals surface area contributed by atoms with Crippen LogP contribution in [-0.2, 0) is 6.54 Å². The van der Waals surface area contributed by atoms with Crippen LogP contribution >= 0.6 is 0 Å². The predicted molar refractivity (Wildman–Crippen MR) is 73.1 cm³/mol. The maximum atomic E-state index is 13.8. The van der Waals surface area contributed by atoms with Gasteiger partial charge in [-0.3, -0.25) is 15.1 Å². The maximum absolute atomic E-state index is 13.8. The zero-order chi connectivity index (χ0) is 14.5. The molecule has 0 atom stereocenters. The van der Waals surface area contributed by atoms with E-state index < -0.39 is 5.91 Å². The lowest BCUT2D eigenvalue weighted by atomic mass is 9.97. The van der Waals surface area contributed by atoms with Gasteiger partial charge in [0.15, 0.2) is 0 Å². The van der Waals surface area contributed by atoms with E-state index in [9.17, 15) is 9.18 Å². The number of likely N-dealkylation sites (tertiary alicyclic amines) is 1. The first-order chi connectivity index (χ1) is 9.63. The Kier molecular flexibility index (Phi) is 5.05. The van der Waals surface area contributed by atoms with E-state index >= 15 is 0 Å². The van der Waals surface area contributed by atoms with Crippen LogP contribution in [0.15, 0.2) is 18.2 Å². The molecule has 1 saturated heterocycles. The van der Waals surface area contributed by atoms with Gasteiger partial charge in [-0.25, -0.2) is 10.2 Å². The Bertz CT molecular complexity index is 473. The van der Waals surface area contributed by atoms with Crippen molar-refractivity contribution in [1.82, 2.24) is 10.3 Å². The molecule has 1 aromatic rings. The third kappa shape index (κ3) is 3.53. The van der Waals surface area contributed by atoms with Gasteiger partial charge in [-0.15, -0.1) is 0 Å². The molecule has 1 aliphatic rings. The number of piperidine rings is 1. The maximum Gasteiger partial charge on any atom is 0.265 e. The largest absolute Gasteiger partial charge is 0.396 e. The van der Waals surface area contributed by atoms with Gasteiger partial charge in [0.1, 0.15) is 5.82 Å². The van der Waals surface area contributed by atoms with Crippen molar-refractivity contribution in [2.24, 2.45) is 11.8 Å². The number of carbonyl (C=O) groups is 1. The van der Waals surface area contributed by atoms with Crippen LogP contribution in [-0.4, -0.2) is 35.6 Å². The average molecular weight is 281 g/mol. The zero-order valence-corrected chi connectivity index (χ0v) is 11.3. The Hall–Kier alpha value is -1.50. The second-order valence-electron chi connectivity index (χ2n) is 5.18. The molecule has 1 amide bonds. The van der Waals surface area contributed by atoms with Crippen LogP contribution in [0.5, 0.6) is 0 Å². The summed E-state index contributed by atoms with van der Waals surface area (Å²) in [5.74, 6) is 4.69. The summed E-state index contributed by atoms with van der Waals surface area (Å²) in [6.07, 6.45) is 1.84. The second-order valence-corrected chi connectivity index (χ2v) is 5.18. The van der Waals surface area contributed by atoms with Crippen molar-refractivity contribution in [3.8, 4) is 0 Å². The number of amides is 1. The van der Waals surface area contributed by atoms with Crippen LogP contribution in [0.3, 0.4) is 0 Å². The van der Waals surface area contributed by atoms with Crippen molar-refractivity contribution in [2.75, 3.05) is 19.7 Å². The molecule has 6 heteroatoms. The number of halogens is 1. The lowest BCUT2D eigenvalue weighted by molar-refractivity contribution is 0.0953. The normalized spacial score (nSPS) is 17.1. The molecule has 1 heterocycles. The zero-order valence-electron chi connectivity index (χ0n) is 11.3. The number of hydrogen-bond donors (Lipinski definition) is 3. The van der Waals surface area contributed by atoms with Gasteiger partial charge >= 0.3 is 0 Å². The third-order valence-electron chi connectivity index (χ3n) is 3.80. The summed E-state index contributed by atoms with van der Waals surface area (Å²) in [5, 5.41) is 9.10. The highest BCUT2D eigenvalue weighted by Gasteiger charge is 2.19. The van der Waals surface area contributed by atoms with E-state index in [-0.39, 0.29) is 12.4 Å². The fourth-order valence-electron chi connectivity index (χ4n) is 2.49. The number of benzene rings is 1. The molecule has 0 aliphatic carbocycles. The summed E-state index contributed by atoms with van der Waals surface area (Å²) in [6, 6.07) is 4.25. The van der Waals surface area contributed by atoms with Crippen molar-refractivity contribution >= 4 is 5.91 Å². The standard InChI is InChI=1S/C14H20FN3O2/c15-13-2-1-11(14(20)17-16)7-12(13)8-18-5-3-10(9-19)4-6-18/h1-2,7,10,19H,3-6,8-9,16H2,(H,17,20). The molecule has 2 rings (SSSR count). The van der Waals surface area contributed by atoms with E-state index in [2.05, 4.69) is 4.90 Å². The predicted octanol–water partition coefficient (Wildman–Crippen LogP) is 0.633. The number of nitrogens with one attached hydrogen (secondary N) is 1. The Morgan fingerprint density at radius 3 is 2.75 bits per heavy atom. The number of rotatable bonds is 4. The van der Waals surface area contributed by atoms with Crippen LogP contribution < -0.4 is 11.3 Å². The van der Waals surface area contributed by atoms with E-state index in [4.69, 9.17) is 10.9 Å². The van der Waals surface area contributed by atoms with Gasteiger partial charge in [-0.05, 0) is 50.0 Å². The smallest absolute Gasteiger partial charge is 0.265 e. The molecule has 20 heavy (non-hydrogen) atoms. The Balaban J connectivity index is 2.03. The molecule has 0 spiro atoms. The van der Waals surface area contributed by atoms with Crippen LogP contribution in [0.1, 0.15) is 28.8 Å². The average Bonchev–Trinajstić information content (AvgIpc) is 2.49. The summed E-state index contributed by atoms with van der Waals surface area (Å²) in [7, 11) is 0. The van der Waals surface area contributed by atoms with Crippen molar-refractivity contribution in [2.45, 2.75) is 19.4 Å². The first kappa shape index (κ1) is 14.9. The van der Waals surface area contributed by atoms with Crippen LogP contribution in [0, 0.1) is 11.7 Å². The van der Waals surface area contributed by atoms with Gasteiger partial charge in [-0.2, -0.15) is 0 Å². The Morgan fingerprint density at radius 1 is 1.45 bits per heavy atom. The molecule has 1 aromatic carbocycles. The minimum atomic E-state index is -0.426. The molecule has 0 radical (unpaired) electrons. The lowest BCUT2D eigenvalue weighted by Crippen LogP contribution is -2.34. The van der Waals surface area contributed by atoms with Gasteiger partial charge in [0.05, 0.1) is 0 Å². The number of aliphatic hydroxyl groups is 1. The minimum Gasteiger partial charge on any atom is -0.396 e. The van der Waals surface area contributed by atoms with E-state index in [0.29, 0.717) is 23.6 Å². The number of nitrogens with zero attached hydrogens (tertiary/aromatic N) is 1. The molecule has 1 fully saturated rings.